The number of aromatic nitrogens is 3. The van der Waals surface area contributed by atoms with E-state index in [0.29, 0.717) is 5.82 Å². The van der Waals surface area contributed by atoms with E-state index in [1.807, 2.05) is 53.9 Å². The van der Waals surface area contributed by atoms with Gasteiger partial charge < -0.3 is 4.42 Å². The Morgan fingerprint density at radius 1 is 0.460 bits per heavy atom. The first kappa shape index (κ1) is 28.6. The molecule has 0 aliphatic carbocycles. The van der Waals surface area contributed by atoms with E-state index in [-0.39, 0.29) is 0 Å². The molecule has 0 aliphatic heterocycles. The second-order valence-corrected chi connectivity index (χ2v) is 13.5. The number of rotatable bonds is 5. The van der Waals surface area contributed by atoms with Crippen LogP contribution in [0.15, 0.2) is 168 Å². The molecule has 6 aromatic carbocycles. The van der Waals surface area contributed by atoms with Crippen molar-refractivity contribution in [2.75, 3.05) is 0 Å². The molecular weight excluding hydrogens is 631 g/mol. The first-order valence-electron chi connectivity index (χ1n) is 16.6. The molecule has 4 heterocycles. The molecule has 0 unspecified atom stereocenters. The highest BCUT2D eigenvalue weighted by Crippen LogP contribution is 2.43. The lowest BCUT2D eigenvalue weighted by molar-refractivity contribution is 0.670. The average molecular weight is 658 g/mol. The highest BCUT2D eigenvalue weighted by Gasteiger charge is 2.21. The Kier molecular flexibility index (Phi) is 6.64. The van der Waals surface area contributed by atoms with Crippen molar-refractivity contribution in [1.29, 1.82) is 0 Å². The molecule has 0 spiro atoms. The molecule has 50 heavy (non-hydrogen) atoms. The highest BCUT2D eigenvalue weighted by atomic mass is 32.1. The van der Waals surface area contributed by atoms with Crippen LogP contribution in [0.2, 0.25) is 0 Å². The topological polar surface area (TPSA) is 51.8 Å². The first-order chi connectivity index (χ1) is 24.8. The second kappa shape index (κ2) is 11.6. The maximum atomic E-state index is 6.71. The number of pyridine rings is 1. The van der Waals surface area contributed by atoms with E-state index in [2.05, 4.69) is 120 Å². The molecule has 10 rings (SSSR count). The molecule has 5 heteroatoms. The van der Waals surface area contributed by atoms with Crippen LogP contribution >= 0.6 is 11.3 Å². The van der Waals surface area contributed by atoms with Gasteiger partial charge in [-0.05, 0) is 59.7 Å². The van der Waals surface area contributed by atoms with Gasteiger partial charge in [-0.15, -0.1) is 11.3 Å². The summed E-state index contributed by atoms with van der Waals surface area (Å²) in [5, 5.41) is 4.62. The van der Waals surface area contributed by atoms with Crippen LogP contribution in [-0.2, 0) is 0 Å². The third-order valence-electron chi connectivity index (χ3n) is 9.41. The summed E-state index contributed by atoms with van der Waals surface area (Å²) in [6, 6.07) is 52.8. The van der Waals surface area contributed by atoms with Gasteiger partial charge in [0, 0.05) is 71.2 Å². The van der Waals surface area contributed by atoms with E-state index in [0.717, 1.165) is 72.3 Å². The molecule has 0 aliphatic rings. The Morgan fingerprint density at radius 3 is 2.06 bits per heavy atom. The monoisotopic (exact) mass is 657 g/mol. The molecule has 10 aromatic rings. The van der Waals surface area contributed by atoms with E-state index in [1.165, 1.54) is 20.2 Å². The van der Waals surface area contributed by atoms with Crippen LogP contribution in [0.25, 0.3) is 98.3 Å². The smallest absolute Gasteiger partial charge is 0.161 e. The quantitative estimate of drug-likeness (QED) is 0.185. The molecular formula is C45H27N3OS. The van der Waals surface area contributed by atoms with E-state index in [1.54, 1.807) is 6.20 Å². The number of hydrogen-bond donors (Lipinski definition) is 0. The van der Waals surface area contributed by atoms with Crippen molar-refractivity contribution in [3.63, 3.8) is 0 Å². The van der Waals surface area contributed by atoms with Crippen LogP contribution in [0.3, 0.4) is 0 Å². The van der Waals surface area contributed by atoms with Crippen LogP contribution < -0.4 is 0 Å². The fourth-order valence-corrected chi connectivity index (χ4v) is 8.14. The fraction of sp³-hybridized carbons (Fsp3) is 0. The Hall–Kier alpha value is -6.43. The number of benzene rings is 6. The van der Waals surface area contributed by atoms with Gasteiger partial charge in [-0.1, -0.05) is 103 Å². The van der Waals surface area contributed by atoms with Crippen molar-refractivity contribution in [2.24, 2.45) is 0 Å². The summed E-state index contributed by atoms with van der Waals surface area (Å²) < 4.78 is 9.26. The fourth-order valence-electron chi connectivity index (χ4n) is 7.00. The Morgan fingerprint density at radius 2 is 1.18 bits per heavy atom. The molecule has 0 N–H and O–H groups in total. The molecule has 4 nitrogen and oxygen atoms in total. The molecule has 0 amide bonds. The lowest BCUT2D eigenvalue weighted by Crippen LogP contribution is -1.97. The van der Waals surface area contributed by atoms with Gasteiger partial charge >= 0.3 is 0 Å². The number of hydrogen-bond acceptors (Lipinski definition) is 5. The molecule has 0 fully saturated rings. The Balaban J connectivity index is 1.20. The number of para-hydroxylation sites is 1. The average Bonchev–Trinajstić information content (AvgIpc) is 3.77. The van der Waals surface area contributed by atoms with Crippen LogP contribution in [0, 0.1) is 0 Å². The summed E-state index contributed by atoms with van der Waals surface area (Å²) >= 11 is 1.83. The summed E-state index contributed by atoms with van der Waals surface area (Å²) in [6.45, 7) is 0. The third-order valence-corrected chi connectivity index (χ3v) is 10.5. The van der Waals surface area contributed by atoms with Gasteiger partial charge in [0.25, 0.3) is 0 Å². The van der Waals surface area contributed by atoms with Crippen molar-refractivity contribution < 1.29 is 4.42 Å². The Bertz CT molecular complexity index is 2870. The van der Waals surface area contributed by atoms with Crippen molar-refractivity contribution >= 4 is 53.4 Å². The minimum absolute atomic E-state index is 0.649. The van der Waals surface area contributed by atoms with Gasteiger partial charge in [0.2, 0.25) is 0 Å². The molecule has 0 atom stereocenters. The van der Waals surface area contributed by atoms with Crippen molar-refractivity contribution in [3.8, 4) is 56.2 Å². The molecule has 0 saturated carbocycles. The zero-order chi connectivity index (χ0) is 33.0. The SMILES string of the molecule is c1ccc(-c2cc(-c3cccc(-c4cccnc4)c3)nc(-c3ccc(-c4ccc5c(c4)sc4ccccc45)c4oc5ccccc5c34)n2)cc1. The van der Waals surface area contributed by atoms with Gasteiger partial charge in [-0.2, -0.15) is 0 Å². The van der Waals surface area contributed by atoms with Gasteiger partial charge in [0.05, 0.1) is 11.4 Å². The van der Waals surface area contributed by atoms with Crippen LogP contribution in [0.5, 0.6) is 0 Å². The van der Waals surface area contributed by atoms with Crippen LogP contribution in [0.4, 0.5) is 0 Å². The van der Waals surface area contributed by atoms with Gasteiger partial charge in [-0.3, -0.25) is 4.98 Å². The summed E-state index contributed by atoms with van der Waals surface area (Å²) in [5.41, 5.74) is 10.6. The van der Waals surface area contributed by atoms with E-state index in [4.69, 9.17) is 14.4 Å². The first-order valence-corrected chi connectivity index (χ1v) is 17.4. The largest absolute Gasteiger partial charge is 0.455 e. The molecule has 0 bridgehead atoms. The lowest BCUT2D eigenvalue weighted by Gasteiger charge is -2.12. The molecule has 0 saturated heterocycles. The van der Waals surface area contributed by atoms with Gasteiger partial charge in [0.1, 0.15) is 11.2 Å². The normalized spacial score (nSPS) is 11.6. The zero-order valence-electron chi connectivity index (χ0n) is 26.7. The summed E-state index contributed by atoms with van der Waals surface area (Å²) in [6.07, 6.45) is 3.69. The lowest BCUT2D eigenvalue weighted by atomic mass is 9.97. The predicted molar refractivity (Wildman–Crippen MR) is 207 cm³/mol. The predicted octanol–water partition coefficient (Wildman–Crippen LogP) is 12.5. The summed E-state index contributed by atoms with van der Waals surface area (Å²) in [4.78, 5) is 14.8. The molecule has 234 valence electrons. The highest BCUT2D eigenvalue weighted by molar-refractivity contribution is 7.25. The van der Waals surface area contributed by atoms with Crippen LogP contribution in [-0.4, -0.2) is 15.0 Å². The second-order valence-electron chi connectivity index (χ2n) is 12.4. The molecule has 0 radical (unpaired) electrons. The summed E-state index contributed by atoms with van der Waals surface area (Å²) in [7, 11) is 0. The maximum absolute atomic E-state index is 6.71. The number of fused-ring (bicyclic) bond motifs is 6. The number of thiophene rings is 1. The van der Waals surface area contributed by atoms with Crippen molar-refractivity contribution in [2.45, 2.75) is 0 Å². The van der Waals surface area contributed by atoms with Crippen molar-refractivity contribution in [3.05, 3.63) is 164 Å². The third kappa shape index (κ3) is 4.79. The van der Waals surface area contributed by atoms with Crippen molar-refractivity contribution in [1.82, 2.24) is 15.0 Å². The van der Waals surface area contributed by atoms with E-state index >= 15 is 0 Å². The van der Waals surface area contributed by atoms with Gasteiger partial charge in [-0.25, -0.2) is 9.97 Å². The zero-order valence-corrected chi connectivity index (χ0v) is 27.6. The number of nitrogens with zero attached hydrogens (tertiary/aromatic N) is 3. The van der Waals surface area contributed by atoms with E-state index in [9.17, 15) is 0 Å². The molecule has 4 aromatic heterocycles. The van der Waals surface area contributed by atoms with Crippen LogP contribution in [0.1, 0.15) is 0 Å². The standard InChI is InChI=1S/C45H27N3OS/c1-2-10-28(11-3-1)38-26-39(31-13-8-12-29(24-31)32-14-9-23-46-27-32)48-45(47-38)37-22-21-33(44-43(37)36-16-4-6-17-40(36)49-44)30-19-20-35-34-15-5-7-18-41(34)50-42(35)25-30/h1-27H. The maximum Gasteiger partial charge on any atom is 0.161 e. The Labute approximate surface area is 292 Å². The summed E-state index contributed by atoms with van der Waals surface area (Å²) in [5.74, 6) is 0.649. The minimum Gasteiger partial charge on any atom is -0.455 e. The van der Waals surface area contributed by atoms with Gasteiger partial charge in [0.15, 0.2) is 5.82 Å². The minimum atomic E-state index is 0.649. The number of furan rings is 1. The van der Waals surface area contributed by atoms with E-state index < -0.39 is 0 Å².